The maximum Gasteiger partial charge on any atom is 0.147 e. The number of nitrogen functional groups attached to an aromatic ring is 1. The topological polar surface area (TPSA) is 43.8 Å². The van der Waals surface area contributed by atoms with Crippen molar-refractivity contribution in [3.05, 3.63) is 54.1 Å². The summed E-state index contributed by atoms with van der Waals surface area (Å²) in [5.74, 6) is 0.610. The van der Waals surface area contributed by atoms with E-state index in [0.29, 0.717) is 11.4 Å². The van der Waals surface area contributed by atoms with Crippen molar-refractivity contribution in [1.29, 1.82) is 0 Å². The number of halogens is 1. The number of anilines is 1. The molecule has 2 N–H and O–H groups in total. The van der Waals surface area contributed by atoms with E-state index in [9.17, 15) is 4.39 Å². The first-order chi connectivity index (χ1) is 9.70. The van der Waals surface area contributed by atoms with Crippen LogP contribution in [-0.4, -0.2) is 9.55 Å². The molecular formula is C16H16FN3. The van der Waals surface area contributed by atoms with Crippen LogP contribution in [0.4, 0.5) is 10.1 Å². The quantitative estimate of drug-likeness (QED) is 0.737. The van der Waals surface area contributed by atoms with E-state index >= 15 is 0 Å². The summed E-state index contributed by atoms with van der Waals surface area (Å²) in [7, 11) is 0. The molecule has 0 amide bonds. The van der Waals surface area contributed by atoms with E-state index in [1.54, 1.807) is 12.1 Å². The summed E-state index contributed by atoms with van der Waals surface area (Å²) in [6, 6.07) is 12.3. The normalized spacial score (nSPS) is 11.1. The Kier molecular flexibility index (Phi) is 3.14. The van der Waals surface area contributed by atoms with Gasteiger partial charge in [0, 0.05) is 12.1 Å². The number of rotatable bonds is 3. The van der Waals surface area contributed by atoms with Gasteiger partial charge in [0.15, 0.2) is 0 Å². The number of nitrogens with zero attached hydrogens (tertiary/aromatic N) is 2. The fraction of sp³-hybridized carbons (Fsp3) is 0.188. The molecule has 0 spiro atoms. The molecule has 0 radical (unpaired) electrons. The summed E-state index contributed by atoms with van der Waals surface area (Å²) >= 11 is 0. The Hall–Kier alpha value is -2.36. The molecule has 0 unspecified atom stereocenters. The standard InChI is InChI=1S/C16H16FN3/c1-2-5-16-19-13-10-11(18)8-9-15(13)20(16)14-7-4-3-6-12(14)17/h3-4,6-10H,2,5,18H2,1H3. The third-order valence-corrected chi connectivity index (χ3v) is 3.31. The number of hydrogen-bond acceptors (Lipinski definition) is 2. The fourth-order valence-corrected chi connectivity index (χ4v) is 2.44. The number of imidazole rings is 1. The maximum absolute atomic E-state index is 14.1. The summed E-state index contributed by atoms with van der Waals surface area (Å²) in [6.07, 6.45) is 1.75. The molecule has 1 heterocycles. The molecule has 0 fully saturated rings. The Morgan fingerprint density at radius 3 is 2.75 bits per heavy atom. The highest BCUT2D eigenvalue weighted by molar-refractivity contribution is 5.81. The van der Waals surface area contributed by atoms with Crippen LogP contribution in [0.25, 0.3) is 16.7 Å². The van der Waals surface area contributed by atoms with E-state index in [2.05, 4.69) is 11.9 Å². The zero-order valence-electron chi connectivity index (χ0n) is 11.3. The van der Waals surface area contributed by atoms with Gasteiger partial charge in [0.2, 0.25) is 0 Å². The number of aryl methyl sites for hydroxylation is 1. The number of para-hydroxylation sites is 1. The highest BCUT2D eigenvalue weighted by atomic mass is 19.1. The van der Waals surface area contributed by atoms with E-state index in [0.717, 1.165) is 29.7 Å². The molecule has 0 aliphatic carbocycles. The first-order valence-electron chi connectivity index (χ1n) is 6.72. The summed E-state index contributed by atoms with van der Waals surface area (Å²) in [4.78, 5) is 4.60. The molecule has 3 nitrogen and oxygen atoms in total. The van der Waals surface area contributed by atoms with E-state index in [1.165, 1.54) is 6.07 Å². The number of fused-ring (bicyclic) bond motifs is 1. The minimum atomic E-state index is -0.249. The Morgan fingerprint density at radius 1 is 1.20 bits per heavy atom. The number of hydrogen-bond donors (Lipinski definition) is 1. The average Bonchev–Trinajstić information content (AvgIpc) is 2.77. The Bertz CT molecular complexity index is 762. The second-order valence-corrected chi connectivity index (χ2v) is 4.81. The van der Waals surface area contributed by atoms with Gasteiger partial charge in [0.1, 0.15) is 11.6 Å². The van der Waals surface area contributed by atoms with E-state index in [-0.39, 0.29) is 5.82 Å². The predicted molar refractivity (Wildman–Crippen MR) is 79.4 cm³/mol. The van der Waals surface area contributed by atoms with Crippen LogP contribution in [0.15, 0.2) is 42.5 Å². The summed E-state index contributed by atoms with van der Waals surface area (Å²) in [6.45, 7) is 2.08. The van der Waals surface area contributed by atoms with Gasteiger partial charge in [-0.3, -0.25) is 4.57 Å². The van der Waals surface area contributed by atoms with Crippen molar-refractivity contribution < 1.29 is 4.39 Å². The van der Waals surface area contributed by atoms with Gasteiger partial charge in [0.25, 0.3) is 0 Å². The second-order valence-electron chi connectivity index (χ2n) is 4.81. The monoisotopic (exact) mass is 269 g/mol. The Balaban J connectivity index is 2.32. The zero-order chi connectivity index (χ0) is 14.1. The average molecular weight is 269 g/mol. The molecule has 0 aliphatic heterocycles. The van der Waals surface area contributed by atoms with Gasteiger partial charge >= 0.3 is 0 Å². The largest absolute Gasteiger partial charge is 0.399 e. The van der Waals surface area contributed by atoms with Gasteiger partial charge in [-0.1, -0.05) is 19.1 Å². The molecule has 3 aromatic rings. The van der Waals surface area contributed by atoms with Crippen LogP contribution >= 0.6 is 0 Å². The van der Waals surface area contributed by atoms with Crippen molar-refractivity contribution in [2.45, 2.75) is 19.8 Å². The highest BCUT2D eigenvalue weighted by Gasteiger charge is 2.14. The third-order valence-electron chi connectivity index (χ3n) is 3.31. The van der Waals surface area contributed by atoms with Crippen LogP contribution in [0, 0.1) is 5.82 Å². The minimum Gasteiger partial charge on any atom is -0.399 e. The second kappa shape index (κ2) is 4.96. The molecule has 1 aromatic heterocycles. The van der Waals surface area contributed by atoms with Crippen molar-refractivity contribution >= 4 is 16.7 Å². The lowest BCUT2D eigenvalue weighted by atomic mass is 10.2. The molecule has 4 heteroatoms. The van der Waals surface area contributed by atoms with Crippen molar-refractivity contribution in [2.75, 3.05) is 5.73 Å². The van der Waals surface area contributed by atoms with Gasteiger partial charge in [-0.25, -0.2) is 9.37 Å². The third kappa shape index (κ3) is 2.03. The van der Waals surface area contributed by atoms with Crippen molar-refractivity contribution in [3.63, 3.8) is 0 Å². The molecule has 2 aromatic carbocycles. The van der Waals surface area contributed by atoms with Crippen LogP contribution in [-0.2, 0) is 6.42 Å². The zero-order valence-corrected chi connectivity index (χ0v) is 11.3. The lowest BCUT2D eigenvalue weighted by Crippen LogP contribution is -2.03. The first-order valence-corrected chi connectivity index (χ1v) is 6.72. The minimum absolute atomic E-state index is 0.249. The maximum atomic E-state index is 14.1. The fourth-order valence-electron chi connectivity index (χ4n) is 2.44. The van der Waals surface area contributed by atoms with Gasteiger partial charge in [-0.2, -0.15) is 0 Å². The molecule has 0 saturated heterocycles. The molecule has 0 atom stereocenters. The lowest BCUT2D eigenvalue weighted by molar-refractivity contribution is 0.616. The van der Waals surface area contributed by atoms with Crippen LogP contribution in [0.5, 0.6) is 0 Å². The molecule has 0 saturated carbocycles. The molecular weight excluding hydrogens is 253 g/mol. The predicted octanol–water partition coefficient (Wildman–Crippen LogP) is 3.70. The van der Waals surface area contributed by atoms with Crippen molar-refractivity contribution in [3.8, 4) is 5.69 Å². The van der Waals surface area contributed by atoms with Gasteiger partial charge in [-0.05, 0) is 36.8 Å². The number of aromatic nitrogens is 2. The molecule has 0 bridgehead atoms. The molecule has 102 valence electrons. The lowest BCUT2D eigenvalue weighted by Gasteiger charge is -2.09. The number of benzene rings is 2. The SMILES string of the molecule is CCCc1nc2cc(N)ccc2n1-c1ccccc1F. The first kappa shape index (κ1) is 12.7. The summed E-state index contributed by atoms with van der Waals surface area (Å²) in [5, 5.41) is 0. The van der Waals surface area contributed by atoms with Gasteiger partial charge in [0.05, 0.1) is 16.7 Å². The van der Waals surface area contributed by atoms with Crippen LogP contribution in [0.3, 0.4) is 0 Å². The van der Waals surface area contributed by atoms with Gasteiger partial charge < -0.3 is 5.73 Å². The Morgan fingerprint density at radius 2 is 2.00 bits per heavy atom. The summed E-state index contributed by atoms with van der Waals surface area (Å²) < 4.78 is 16.0. The van der Waals surface area contributed by atoms with Crippen molar-refractivity contribution in [1.82, 2.24) is 9.55 Å². The van der Waals surface area contributed by atoms with Crippen LogP contribution in [0.1, 0.15) is 19.2 Å². The van der Waals surface area contributed by atoms with Crippen LogP contribution < -0.4 is 5.73 Å². The van der Waals surface area contributed by atoms with Crippen LogP contribution in [0.2, 0.25) is 0 Å². The molecule has 20 heavy (non-hydrogen) atoms. The van der Waals surface area contributed by atoms with Gasteiger partial charge in [-0.15, -0.1) is 0 Å². The molecule has 0 aliphatic rings. The number of nitrogens with two attached hydrogens (primary N) is 1. The smallest absolute Gasteiger partial charge is 0.147 e. The molecule has 3 rings (SSSR count). The Labute approximate surface area is 116 Å². The highest BCUT2D eigenvalue weighted by Crippen LogP contribution is 2.25. The van der Waals surface area contributed by atoms with E-state index in [4.69, 9.17) is 5.73 Å². The van der Waals surface area contributed by atoms with E-state index < -0.39 is 0 Å². The summed E-state index contributed by atoms with van der Waals surface area (Å²) in [5.41, 5.74) is 8.68. The van der Waals surface area contributed by atoms with Crippen molar-refractivity contribution in [2.24, 2.45) is 0 Å². The van der Waals surface area contributed by atoms with E-state index in [1.807, 2.05) is 28.8 Å².